The van der Waals surface area contributed by atoms with Gasteiger partial charge in [-0.1, -0.05) is 16.8 Å². The van der Waals surface area contributed by atoms with Crippen molar-refractivity contribution in [2.45, 2.75) is 13.8 Å². The molecule has 0 unspecified atom stereocenters. The van der Waals surface area contributed by atoms with E-state index in [4.69, 9.17) is 16.1 Å². The van der Waals surface area contributed by atoms with Crippen molar-refractivity contribution in [1.82, 2.24) is 5.16 Å². The van der Waals surface area contributed by atoms with Gasteiger partial charge in [-0.25, -0.2) is 4.39 Å². The maximum atomic E-state index is 13.3. The SMILES string of the molecule is Cc1cc(-c2cc(F)c(C)cc2Cl)on1. The molecule has 0 radical (unpaired) electrons. The number of hydrogen-bond donors (Lipinski definition) is 0. The molecule has 0 fully saturated rings. The number of hydrogen-bond acceptors (Lipinski definition) is 2. The Morgan fingerprint density at radius 2 is 2.00 bits per heavy atom. The summed E-state index contributed by atoms with van der Waals surface area (Å²) in [7, 11) is 0. The molecule has 15 heavy (non-hydrogen) atoms. The van der Waals surface area contributed by atoms with Gasteiger partial charge >= 0.3 is 0 Å². The highest BCUT2D eigenvalue weighted by Gasteiger charge is 2.11. The van der Waals surface area contributed by atoms with E-state index in [0.717, 1.165) is 5.69 Å². The van der Waals surface area contributed by atoms with Gasteiger partial charge in [-0.3, -0.25) is 0 Å². The second-order valence-corrected chi connectivity index (χ2v) is 3.82. The Hall–Kier alpha value is -1.35. The van der Waals surface area contributed by atoms with Gasteiger partial charge in [0.1, 0.15) is 5.82 Å². The summed E-state index contributed by atoms with van der Waals surface area (Å²) in [5.74, 6) is 0.180. The molecule has 0 aliphatic rings. The molecule has 0 spiro atoms. The zero-order valence-corrected chi connectivity index (χ0v) is 9.10. The molecule has 2 nitrogen and oxygen atoms in total. The average Bonchev–Trinajstić information content (AvgIpc) is 2.58. The minimum atomic E-state index is -0.302. The fraction of sp³-hybridized carbons (Fsp3) is 0.182. The molecule has 0 amide bonds. The predicted molar refractivity (Wildman–Crippen MR) is 56.4 cm³/mol. The fourth-order valence-electron chi connectivity index (χ4n) is 1.33. The lowest BCUT2D eigenvalue weighted by Gasteiger charge is -2.02. The van der Waals surface area contributed by atoms with Crippen LogP contribution in [0, 0.1) is 19.7 Å². The van der Waals surface area contributed by atoms with Crippen LogP contribution in [-0.2, 0) is 0 Å². The van der Waals surface area contributed by atoms with Crippen molar-refractivity contribution in [1.29, 1.82) is 0 Å². The number of rotatable bonds is 1. The summed E-state index contributed by atoms with van der Waals surface area (Å²) in [6, 6.07) is 4.65. The van der Waals surface area contributed by atoms with Gasteiger partial charge < -0.3 is 4.52 Å². The maximum Gasteiger partial charge on any atom is 0.168 e. The molecular formula is C11H9ClFNO. The van der Waals surface area contributed by atoms with Crippen molar-refractivity contribution in [3.8, 4) is 11.3 Å². The van der Waals surface area contributed by atoms with Crippen LogP contribution in [0.3, 0.4) is 0 Å². The lowest BCUT2D eigenvalue weighted by molar-refractivity contribution is 0.427. The first-order chi connectivity index (χ1) is 7.08. The van der Waals surface area contributed by atoms with Crippen LogP contribution in [0.25, 0.3) is 11.3 Å². The summed E-state index contributed by atoms with van der Waals surface area (Å²) in [5.41, 5.74) is 1.78. The van der Waals surface area contributed by atoms with E-state index in [1.807, 2.05) is 0 Å². The summed E-state index contributed by atoms with van der Waals surface area (Å²) < 4.78 is 18.4. The van der Waals surface area contributed by atoms with Crippen LogP contribution in [-0.4, -0.2) is 5.16 Å². The Labute approximate surface area is 91.7 Å². The first-order valence-corrected chi connectivity index (χ1v) is 4.85. The van der Waals surface area contributed by atoms with Crippen LogP contribution >= 0.6 is 11.6 Å². The van der Waals surface area contributed by atoms with E-state index in [2.05, 4.69) is 5.16 Å². The molecule has 0 aliphatic carbocycles. The third-order valence-corrected chi connectivity index (χ3v) is 2.45. The number of halogens is 2. The monoisotopic (exact) mass is 225 g/mol. The summed E-state index contributed by atoms with van der Waals surface area (Å²) in [5, 5.41) is 4.19. The Kier molecular flexibility index (Phi) is 2.49. The molecule has 78 valence electrons. The van der Waals surface area contributed by atoms with Crippen molar-refractivity contribution in [3.63, 3.8) is 0 Å². The Balaban J connectivity index is 2.58. The molecule has 0 saturated carbocycles. The quantitative estimate of drug-likeness (QED) is 0.739. The van der Waals surface area contributed by atoms with E-state index in [0.29, 0.717) is 21.9 Å². The Morgan fingerprint density at radius 1 is 1.27 bits per heavy atom. The van der Waals surface area contributed by atoms with Crippen molar-refractivity contribution >= 4 is 11.6 Å². The van der Waals surface area contributed by atoms with Crippen molar-refractivity contribution in [3.05, 3.63) is 40.3 Å². The number of benzene rings is 1. The largest absolute Gasteiger partial charge is 0.356 e. The third-order valence-electron chi connectivity index (χ3n) is 2.14. The number of aryl methyl sites for hydroxylation is 2. The fourth-order valence-corrected chi connectivity index (χ4v) is 1.64. The first-order valence-electron chi connectivity index (χ1n) is 4.47. The zero-order valence-electron chi connectivity index (χ0n) is 8.34. The standard InChI is InChI=1S/C11H9ClFNO/c1-6-3-9(12)8(5-10(6)13)11-4-7(2)14-15-11/h3-5H,1-2H3. The molecule has 0 bridgehead atoms. The van der Waals surface area contributed by atoms with Crippen LogP contribution in [0.15, 0.2) is 22.7 Å². The van der Waals surface area contributed by atoms with Gasteiger partial charge in [0.25, 0.3) is 0 Å². The highest BCUT2D eigenvalue weighted by Crippen LogP contribution is 2.30. The summed E-state index contributed by atoms with van der Waals surface area (Å²) in [6.45, 7) is 3.46. The minimum Gasteiger partial charge on any atom is -0.356 e. The summed E-state index contributed by atoms with van der Waals surface area (Å²) in [4.78, 5) is 0. The van der Waals surface area contributed by atoms with Crippen LogP contribution in [0.4, 0.5) is 4.39 Å². The normalized spacial score (nSPS) is 10.7. The van der Waals surface area contributed by atoms with Gasteiger partial charge in [0.15, 0.2) is 5.76 Å². The van der Waals surface area contributed by atoms with Gasteiger partial charge in [-0.15, -0.1) is 0 Å². The van der Waals surface area contributed by atoms with Gasteiger partial charge in [0, 0.05) is 11.6 Å². The minimum absolute atomic E-state index is 0.302. The molecule has 1 aromatic heterocycles. The molecule has 2 aromatic rings. The van der Waals surface area contributed by atoms with E-state index >= 15 is 0 Å². The Morgan fingerprint density at radius 3 is 2.60 bits per heavy atom. The van der Waals surface area contributed by atoms with Crippen LogP contribution in [0.5, 0.6) is 0 Å². The molecule has 0 aliphatic heterocycles. The molecule has 0 N–H and O–H groups in total. The molecular weight excluding hydrogens is 217 g/mol. The molecule has 2 rings (SSSR count). The van der Waals surface area contributed by atoms with Crippen LogP contribution in [0.2, 0.25) is 5.02 Å². The van der Waals surface area contributed by atoms with E-state index in [1.54, 1.807) is 26.0 Å². The summed E-state index contributed by atoms with van der Waals surface area (Å²) >= 11 is 5.99. The third kappa shape index (κ3) is 1.88. The lowest BCUT2D eigenvalue weighted by Crippen LogP contribution is -1.85. The van der Waals surface area contributed by atoms with Gasteiger partial charge in [0.05, 0.1) is 10.7 Å². The Bertz CT molecular complexity index is 507. The smallest absolute Gasteiger partial charge is 0.168 e. The van der Waals surface area contributed by atoms with E-state index < -0.39 is 0 Å². The molecule has 1 aromatic carbocycles. The topological polar surface area (TPSA) is 26.0 Å². The van der Waals surface area contributed by atoms with E-state index in [-0.39, 0.29) is 5.82 Å². The van der Waals surface area contributed by atoms with Crippen LogP contribution < -0.4 is 0 Å². The highest BCUT2D eigenvalue weighted by atomic mass is 35.5. The molecule has 0 atom stereocenters. The van der Waals surface area contributed by atoms with Crippen molar-refractivity contribution < 1.29 is 8.91 Å². The maximum absolute atomic E-state index is 13.3. The average molecular weight is 226 g/mol. The van der Waals surface area contributed by atoms with Crippen molar-refractivity contribution in [2.75, 3.05) is 0 Å². The molecule has 4 heteroatoms. The van der Waals surface area contributed by atoms with Gasteiger partial charge in [-0.2, -0.15) is 0 Å². The number of nitrogens with zero attached hydrogens (tertiary/aromatic N) is 1. The van der Waals surface area contributed by atoms with E-state index in [9.17, 15) is 4.39 Å². The predicted octanol–water partition coefficient (Wildman–Crippen LogP) is 3.75. The van der Waals surface area contributed by atoms with Crippen molar-refractivity contribution in [2.24, 2.45) is 0 Å². The van der Waals surface area contributed by atoms with Gasteiger partial charge in [0.2, 0.25) is 0 Å². The van der Waals surface area contributed by atoms with Gasteiger partial charge in [-0.05, 0) is 31.5 Å². The summed E-state index contributed by atoms with van der Waals surface area (Å²) in [6.07, 6.45) is 0. The highest BCUT2D eigenvalue weighted by molar-refractivity contribution is 6.33. The molecule has 1 heterocycles. The zero-order chi connectivity index (χ0) is 11.0. The van der Waals surface area contributed by atoms with Crippen LogP contribution in [0.1, 0.15) is 11.3 Å². The molecule has 0 saturated heterocycles. The second-order valence-electron chi connectivity index (χ2n) is 3.41. The second kappa shape index (κ2) is 3.66. The number of aromatic nitrogens is 1. The lowest BCUT2D eigenvalue weighted by atomic mass is 10.1. The van der Waals surface area contributed by atoms with E-state index in [1.165, 1.54) is 6.07 Å². The first kappa shape index (κ1) is 10.2.